The maximum Gasteiger partial charge on any atom is 0.321 e. The van der Waals surface area contributed by atoms with Crippen molar-refractivity contribution < 1.29 is 27.4 Å². The van der Waals surface area contributed by atoms with Crippen molar-refractivity contribution in [2.45, 2.75) is 23.0 Å². The van der Waals surface area contributed by atoms with Gasteiger partial charge in [0, 0.05) is 37.0 Å². The van der Waals surface area contributed by atoms with E-state index in [9.17, 15) is 13.2 Å². The van der Waals surface area contributed by atoms with Gasteiger partial charge in [-0.15, -0.1) is 0 Å². The Hall–Kier alpha value is -2.94. The topological polar surface area (TPSA) is 94.2 Å². The number of ether oxygens (including phenoxy) is 3. The Balaban J connectivity index is 1.62. The number of benzene rings is 2. The summed E-state index contributed by atoms with van der Waals surface area (Å²) in [6.45, 7) is 0.708. The average Bonchev–Trinajstić information content (AvgIpc) is 2.78. The molecule has 0 bridgehead atoms. The first-order valence-electron chi connectivity index (χ1n) is 9.54. The van der Waals surface area contributed by atoms with Crippen LogP contribution < -0.4 is 19.5 Å². The number of methoxy groups -OCH3 is 3. The zero-order chi connectivity index (χ0) is 21.7. The van der Waals surface area contributed by atoms with E-state index in [2.05, 4.69) is 5.32 Å². The number of carbonyl (C=O) groups excluding carboxylic acids is 1. The SMILES string of the molecule is COc1ccc(S(=O)(=O)C2CCN(C(=O)Nc3cc(OC)cc(OC)c3)CC2)cc1. The quantitative estimate of drug-likeness (QED) is 0.751. The molecule has 1 fully saturated rings. The normalized spacial score (nSPS) is 14.8. The van der Waals surface area contributed by atoms with Crippen molar-refractivity contribution in [2.75, 3.05) is 39.7 Å². The number of hydrogen-bond donors (Lipinski definition) is 1. The Morgan fingerprint density at radius 2 is 1.43 bits per heavy atom. The lowest BCUT2D eigenvalue weighted by Crippen LogP contribution is -2.44. The van der Waals surface area contributed by atoms with Gasteiger partial charge in [-0.3, -0.25) is 0 Å². The molecule has 0 aliphatic carbocycles. The number of amides is 2. The first-order chi connectivity index (χ1) is 14.4. The Morgan fingerprint density at radius 1 is 0.900 bits per heavy atom. The Kier molecular flexibility index (Phi) is 6.71. The van der Waals surface area contributed by atoms with E-state index in [0.29, 0.717) is 48.9 Å². The van der Waals surface area contributed by atoms with Gasteiger partial charge >= 0.3 is 6.03 Å². The fourth-order valence-corrected chi connectivity index (χ4v) is 5.14. The number of urea groups is 1. The van der Waals surface area contributed by atoms with Crippen LogP contribution in [-0.4, -0.2) is 59.0 Å². The molecular formula is C21H26N2O6S. The van der Waals surface area contributed by atoms with Crippen LogP contribution in [0.5, 0.6) is 17.2 Å². The van der Waals surface area contributed by atoms with Gasteiger partial charge in [0.1, 0.15) is 17.2 Å². The van der Waals surface area contributed by atoms with Crippen molar-refractivity contribution in [2.24, 2.45) is 0 Å². The minimum atomic E-state index is -3.46. The molecule has 2 aromatic carbocycles. The number of likely N-dealkylation sites (tertiary alicyclic amines) is 1. The minimum absolute atomic E-state index is 0.273. The smallest absolute Gasteiger partial charge is 0.321 e. The Bertz CT molecular complexity index is 961. The van der Waals surface area contributed by atoms with Crippen LogP contribution in [0.15, 0.2) is 47.4 Å². The first kappa shape index (κ1) is 21.8. The highest BCUT2D eigenvalue weighted by molar-refractivity contribution is 7.92. The lowest BCUT2D eigenvalue weighted by Gasteiger charge is -2.31. The van der Waals surface area contributed by atoms with E-state index in [0.717, 1.165) is 0 Å². The molecule has 0 spiro atoms. The number of hydrogen-bond acceptors (Lipinski definition) is 6. The number of nitrogens with one attached hydrogen (secondary N) is 1. The van der Waals surface area contributed by atoms with E-state index in [-0.39, 0.29) is 10.9 Å². The summed E-state index contributed by atoms with van der Waals surface area (Å²) < 4.78 is 41.3. The van der Waals surface area contributed by atoms with Crippen molar-refractivity contribution in [3.63, 3.8) is 0 Å². The van der Waals surface area contributed by atoms with Gasteiger partial charge in [-0.1, -0.05) is 0 Å². The van der Waals surface area contributed by atoms with Gasteiger partial charge in [-0.25, -0.2) is 13.2 Å². The second kappa shape index (κ2) is 9.25. The van der Waals surface area contributed by atoms with Crippen molar-refractivity contribution in [3.05, 3.63) is 42.5 Å². The molecule has 0 atom stereocenters. The van der Waals surface area contributed by atoms with Gasteiger partial charge in [-0.2, -0.15) is 0 Å². The lowest BCUT2D eigenvalue weighted by atomic mass is 10.1. The second-order valence-corrected chi connectivity index (χ2v) is 9.17. The van der Waals surface area contributed by atoms with E-state index >= 15 is 0 Å². The van der Waals surface area contributed by atoms with Crippen molar-refractivity contribution in [1.82, 2.24) is 4.90 Å². The van der Waals surface area contributed by atoms with Gasteiger partial charge in [0.2, 0.25) is 0 Å². The molecule has 162 valence electrons. The summed E-state index contributed by atoms with van der Waals surface area (Å²) in [6, 6.07) is 11.2. The van der Waals surface area contributed by atoms with Crippen LogP contribution in [0.3, 0.4) is 0 Å². The molecule has 0 saturated carbocycles. The summed E-state index contributed by atoms with van der Waals surface area (Å²) in [5.74, 6) is 1.73. The molecule has 1 saturated heterocycles. The number of piperidine rings is 1. The molecule has 0 aromatic heterocycles. The van der Waals surface area contributed by atoms with Crippen LogP contribution in [-0.2, 0) is 9.84 Å². The molecule has 0 unspecified atom stereocenters. The van der Waals surface area contributed by atoms with E-state index in [1.807, 2.05) is 0 Å². The molecule has 0 radical (unpaired) electrons. The van der Waals surface area contributed by atoms with Gasteiger partial charge < -0.3 is 24.4 Å². The summed E-state index contributed by atoms with van der Waals surface area (Å²) in [5, 5.41) is 2.30. The zero-order valence-electron chi connectivity index (χ0n) is 17.3. The third kappa shape index (κ3) is 4.79. The number of anilines is 1. The van der Waals surface area contributed by atoms with E-state index in [1.165, 1.54) is 21.3 Å². The number of sulfone groups is 1. The van der Waals surface area contributed by atoms with Gasteiger partial charge in [0.25, 0.3) is 0 Å². The maximum absolute atomic E-state index is 12.9. The second-order valence-electron chi connectivity index (χ2n) is 6.94. The molecule has 1 aliphatic rings. The van der Waals surface area contributed by atoms with Crippen LogP contribution in [0.4, 0.5) is 10.5 Å². The predicted molar refractivity (Wildman–Crippen MR) is 113 cm³/mol. The highest BCUT2D eigenvalue weighted by atomic mass is 32.2. The van der Waals surface area contributed by atoms with Crippen LogP contribution in [0.25, 0.3) is 0 Å². The van der Waals surface area contributed by atoms with Gasteiger partial charge in [-0.05, 0) is 37.1 Å². The largest absolute Gasteiger partial charge is 0.497 e. The highest BCUT2D eigenvalue weighted by Gasteiger charge is 2.32. The van der Waals surface area contributed by atoms with Crippen LogP contribution in [0, 0.1) is 0 Å². The molecule has 2 amide bonds. The Morgan fingerprint density at radius 3 is 1.93 bits per heavy atom. The molecule has 8 nitrogen and oxygen atoms in total. The number of carbonyl (C=O) groups is 1. The summed E-state index contributed by atoms with van der Waals surface area (Å²) in [7, 11) is 1.15. The molecule has 1 aliphatic heterocycles. The molecule has 3 rings (SSSR count). The molecule has 2 aromatic rings. The lowest BCUT2D eigenvalue weighted by molar-refractivity contribution is 0.200. The number of nitrogens with zero attached hydrogens (tertiary/aromatic N) is 1. The van der Waals surface area contributed by atoms with Crippen molar-refractivity contribution in [1.29, 1.82) is 0 Å². The maximum atomic E-state index is 12.9. The van der Waals surface area contributed by atoms with Gasteiger partial charge in [0.05, 0.1) is 31.5 Å². The van der Waals surface area contributed by atoms with Crippen LogP contribution in [0.1, 0.15) is 12.8 Å². The van der Waals surface area contributed by atoms with Crippen molar-refractivity contribution in [3.8, 4) is 17.2 Å². The van der Waals surface area contributed by atoms with E-state index in [1.54, 1.807) is 47.4 Å². The zero-order valence-corrected chi connectivity index (χ0v) is 18.1. The highest BCUT2D eigenvalue weighted by Crippen LogP contribution is 2.28. The molecule has 9 heteroatoms. The predicted octanol–water partition coefficient (Wildman–Crippen LogP) is 3.18. The molecule has 1 N–H and O–H groups in total. The third-order valence-electron chi connectivity index (χ3n) is 5.16. The van der Waals surface area contributed by atoms with Crippen molar-refractivity contribution >= 4 is 21.6 Å². The fraction of sp³-hybridized carbons (Fsp3) is 0.381. The van der Waals surface area contributed by atoms with E-state index in [4.69, 9.17) is 14.2 Å². The minimum Gasteiger partial charge on any atom is -0.497 e. The average molecular weight is 435 g/mol. The summed E-state index contributed by atoms with van der Waals surface area (Å²) >= 11 is 0. The van der Waals surface area contributed by atoms with E-state index < -0.39 is 15.1 Å². The summed E-state index contributed by atoms with van der Waals surface area (Å²) in [6.07, 6.45) is 0.756. The van der Waals surface area contributed by atoms with Crippen LogP contribution in [0.2, 0.25) is 0 Å². The van der Waals surface area contributed by atoms with Crippen LogP contribution >= 0.6 is 0 Å². The summed E-state index contributed by atoms with van der Waals surface area (Å²) in [4.78, 5) is 14.5. The summed E-state index contributed by atoms with van der Waals surface area (Å²) in [5.41, 5.74) is 0.546. The molecule has 1 heterocycles. The third-order valence-corrected chi connectivity index (χ3v) is 7.44. The first-order valence-corrected chi connectivity index (χ1v) is 11.1. The fourth-order valence-electron chi connectivity index (χ4n) is 3.41. The van der Waals surface area contributed by atoms with Gasteiger partial charge in [0.15, 0.2) is 9.84 Å². The number of rotatable bonds is 6. The standard InChI is InChI=1S/C21H26N2O6S/c1-27-16-4-6-19(7-5-16)30(25,26)20-8-10-23(11-9-20)21(24)22-15-12-17(28-2)14-18(13-15)29-3/h4-7,12-14,20H,8-11H2,1-3H3,(H,22,24). The Labute approximate surface area is 176 Å². The molecular weight excluding hydrogens is 408 g/mol. The molecule has 30 heavy (non-hydrogen) atoms. The monoisotopic (exact) mass is 434 g/mol.